The zero-order valence-corrected chi connectivity index (χ0v) is 15.5. The molecule has 3 N–H and O–H groups in total. The Labute approximate surface area is 154 Å². The molecule has 3 rings (SSSR count). The number of carbonyl (C=O) groups is 1. The van der Waals surface area contributed by atoms with Gasteiger partial charge in [0.05, 0.1) is 0 Å². The van der Waals surface area contributed by atoms with Crippen molar-refractivity contribution < 1.29 is 19.0 Å². The summed E-state index contributed by atoms with van der Waals surface area (Å²) in [6, 6.07) is 14.4. The summed E-state index contributed by atoms with van der Waals surface area (Å²) in [6.45, 7) is 9.29. The topological polar surface area (TPSA) is 38.0 Å². The van der Waals surface area contributed by atoms with Crippen molar-refractivity contribution in [1.82, 2.24) is 0 Å². The van der Waals surface area contributed by atoms with Crippen molar-refractivity contribution in [1.29, 1.82) is 0 Å². The summed E-state index contributed by atoms with van der Waals surface area (Å²) in [7, 11) is 0. The molecule has 0 bridgehead atoms. The van der Waals surface area contributed by atoms with E-state index in [9.17, 15) is 9.18 Å². The molecule has 5 heteroatoms. The lowest BCUT2D eigenvalue weighted by atomic mass is 10.1. The maximum Gasteiger partial charge on any atom is 0.282 e. The molecule has 138 valence electrons. The molecule has 2 aromatic rings. The number of rotatable bonds is 5. The number of aryl methyl sites for hydroxylation is 1. The molecule has 0 aromatic heterocycles. The molecule has 4 nitrogen and oxygen atoms in total. The van der Waals surface area contributed by atoms with E-state index in [4.69, 9.17) is 0 Å². The Balaban J connectivity index is 1.50. The van der Waals surface area contributed by atoms with E-state index in [1.807, 2.05) is 6.92 Å². The zero-order valence-electron chi connectivity index (χ0n) is 15.5. The van der Waals surface area contributed by atoms with E-state index >= 15 is 0 Å². The van der Waals surface area contributed by atoms with E-state index in [-0.39, 0.29) is 17.8 Å². The van der Waals surface area contributed by atoms with Crippen molar-refractivity contribution in [2.24, 2.45) is 0 Å². The van der Waals surface area contributed by atoms with E-state index < -0.39 is 0 Å². The average Bonchev–Trinajstić information content (AvgIpc) is 2.65. The third-order valence-electron chi connectivity index (χ3n) is 5.42. The van der Waals surface area contributed by atoms with E-state index in [0.29, 0.717) is 5.69 Å². The first-order valence-corrected chi connectivity index (χ1v) is 9.32. The number of hydrogen-bond acceptors (Lipinski definition) is 1. The minimum absolute atomic E-state index is 0.00559. The Morgan fingerprint density at radius 1 is 1.08 bits per heavy atom. The highest BCUT2D eigenvalue weighted by Gasteiger charge is 2.31. The summed E-state index contributed by atoms with van der Waals surface area (Å²) in [6.07, 6.45) is 0. The van der Waals surface area contributed by atoms with Crippen LogP contribution in [0.5, 0.6) is 0 Å². The lowest BCUT2D eigenvalue weighted by Gasteiger charge is -2.32. The van der Waals surface area contributed by atoms with Crippen molar-refractivity contribution in [2.45, 2.75) is 26.4 Å². The van der Waals surface area contributed by atoms with Gasteiger partial charge in [0, 0.05) is 11.3 Å². The fourth-order valence-corrected chi connectivity index (χ4v) is 3.58. The second-order valence-corrected chi connectivity index (χ2v) is 7.23. The maximum absolute atomic E-state index is 13.0. The molecule has 26 heavy (non-hydrogen) atoms. The van der Waals surface area contributed by atoms with E-state index in [1.54, 1.807) is 17.0 Å². The Kier molecular flexibility index (Phi) is 6.01. The van der Waals surface area contributed by atoms with E-state index in [2.05, 4.69) is 36.5 Å². The highest BCUT2D eigenvalue weighted by atomic mass is 19.1. The molecule has 1 aliphatic rings. The molecule has 0 radical (unpaired) electrons. The molecule has 1 saturated heterocycles. The molecule has 1 amide bonds. The van der Waals surface area contributed by atoms with Gasteiger partial charge >= 0.3 is 0 Å². The van der Waals surface area contributed by atoms with Gasteiger partial charge in [-0.3, -0.25) is 4.79 Å². The van der Waals surface area contributed by atoms with Gasteiger partial charge in [-0.25, -0.2) is 4.39 Å². The number of piperazine rings is 1. The van der Waals surface area contributed by atoms with Gasteiger partial charge in [0.2, 0.25) is 0 Å². The maximum atomic E-state index is 13.0. The van der Waals surface area contributed by atoms with Crippen molar-refractivity contribution >= 4 is 11.6 Å². The van der Waals surface area contributed by atoms with Gasteiger partial charge in [0.15, 0.2) is 6.04 Å². The van der Waals surface area contributed by atoms with Crippen LogP contribution in [0.15, 0.2) is 48.5 Å². The van der Waals surface area contributed by atoms with Gasteiger partial charge in [0.25, 0.3) is 5.91 Å². The third-order valence-corrected chi connectivity index (χ3v) is 5.42. The Morgan fingerprint density at radius 3 is 2.38 bits per heavy atom. The molecule has 0 saturated carbocycles. The third kappa shape index (κ3) is 4.68. The van der Waals surface area contributed by atoms with Crippen LogP contribution in [0, 0.1) is 12.7 Å². The predicted molar refractivity (Wildman–Crippen MR) is 101 cm³/mol. The number of carbonyl (C=O) groups excluding carboxylic acids is 1. The Morgan fingerprint density at radius 2 is 1.73 bits per heavy atom. The highest BCUT2D eigenvalue weighted by molar-refractivity contribution is 5.93. The summed E-state index contributed by atoms with van der Waals surface area (Å²) >= 11 is 0. The molecule has 0 spiro atoms. The second kappa shape index (κ2) is 8.43. The van der Waals surface area contributed by atoms with Crippen LogP contribution >= 0.6 is 0 Å². The normalized spacial score (nSPS) is 21.2. The van der Waals surface area contributed by atoms with Crippen molar-refractivity contribution in [3.63, 3.8) is 0 Å². The summed E-state index contributed by atoms with van der Waals surface area (Å²) in [5, 5.41) is 2.89. The quantitative estimate of drug-likeness (QED) is 0.714. The lowest BCUT2D eigenvalue weighted by molar-refractivity contribution is -1.02. The lowest BCUT2D eigenvalue weighted by Crippen LogP contribution is -3.29. The summed E-state index contributed by atoms with van der Waals surface area (Å²) in [5.74, 6) is -0.302. The number of anilines is 1. The number of halogens is 1. The van der Waals surface area contributed by atoms with Crippen molar-refractivity contribution in [3.05, 3.63) is 65.5 Å². The molecular weight excluding hydrogens is 329 g/mol. The minimum atomic E-state index is -0.297. The van der Waals surface area contributed by atoms with Crippen LogP contribution in [-0.4, -0.2) is 38.1 Å². The summed E-state index contributed by atoms with van der Waals surface area (Å²) in [4.78, 5) is 15.4. The van der Waals surface area contributed by atoms with Crippen LogP contribution in [0.2, 0.25) is 0 Å². The van der Waals surface area contributed by atoms with E-state index in [1.165, 1.54) is 28.2 Å². The first kappa shape index (κ1) is 18.5. The first-order valence-electron chi connectivity index (χ1n) is 9.32. The van der Waals surface area contributed by atoms with Gasteiger partial charge in [-0.2, -0.15) is 0 Å². The van der Waals surface area contributed by atoms with Crippen LogP contribution in [0.1, 0.15) is 18.1 Å². The smallest absolute Gasteiger partial charge is 0.282 e. The number of quaternary nitrogens is 2. The zero-order chi connectivity index (χ0) is 18.5. The van der Waals surface area contributed by atoms with Crippen molar-refractivity contribution in [2.75, 3.05) is 31.5 Å². The highest BCUT2D eigenvalue weighted by Crippen LogP contribution is 2.08. The molecule has 1 heterocycles. The largest absolute Gasteiger partial charge is 0.322 e. The van der Waals surface area contributed by atoms with Gasteiger partial charge in [-0.1, -0.05) is 24.3 Å². The fraction of sp³-hybridized carbons (Fsp3) is 0.381. The van der Waals surface area contributed by atoms with Crippen molar-refractivity contribution in [3.8, 4) is 0 Å². The van der Waals surface area contributed by atoms with E-state index in [0.717, 1.165) is 32.7 Å². The van der Waals surface area contributed by atoms with Crippen LogP contribution in [0.3, 0.4) is 0 Å². The molecule has 0 aliphatic carbocycles. The molecule has 1 fully saturated rings. The summed E-state index contributed by atoms with van der Waals surface area (Å²) in [5.41, 5.74) is 3.40. The average molecular weight is 357 g/mol. The van der Waals surface area contributed by atoms with Crippen LogP contribution in [0.4, 0.5) is 10.1 Å². The van der Waals surface area contributed by atoms with Gasteiger partial charge in [0.1, 0.15) is 38.5 Å². The first-order chi connectivity index (χ1) is 12.5. The number of amides is 1. The van der Waals surface area contributed by atoms with Gasteiger partial charge in [-0.15, -0.1) is 0 Å². The Bertz CT molecular complexity index is 739. The molecule has 1 atom stereocenters. The van der Waals surface area contributed by atoms with Crippen LogP contribution < -0.4 is 15.1 Å². The standard InChI is InChI=1S/C21H26FN3O/c1-16-5-3-4-6-18(16)15-24-11-13-25(14-12-24)17(2)21(26)23-20-9-7-19(22)8-10-20/h3-10,17H,11-15H2,1-2H3,(H,23,26)/p+2/t17-/m1/s1. The van der Waals surface area contributed by atoms with Crippen LogP contribution in [0.25, 0.3) is 0 Å². The number of nitrogens with one attached hydrogen (secondary N) is 3. The molecule has 0 unspecified atom stereocenters. The monoisotopic (exact) mass is 357 g/mol. The summed E-state index contributed by atoms with van der Waals surface area (Å²) < 4.78 is 13.0. The minimum Gasteiger partial charge on any atom is -0.322 e. The predicted octanol–water partition coefficient (Wildman–Crippen LogP) is 0.445. The molecule has 2 aromatic carbocycles. The number of hydrogen-bond donors (Lipinski definition) is 3. The fourth-order valence-electron chi connectivity index (χ4n) is 3.58. The molecule has 1 aliphatic heterocycles. The van der Waals surface area contributed by atoms with Gasteiger partial charge in [-0.05, 0) is 43.7 Å². The SMILES string of the molecule is Cc1ccccc1C[NH+]1CC[NH+]([C@H](C)C(=O)Nc2ccc(F)cc2)CC1. The van der Waals surface area contributed by atoms with Crippen LogP contribution in [-0.2, 0) is 11.3 Å². The second-order valence-electron chi connectivity index (χ2n) is 7.23. The van der Waals surface area contributed by atoms with Gasteiger partial charge < -0.3 is 15.1 Å². The molecular formula is C21H28FN3O+2. The Hall–Kier alpha value is -2.24. The number of benzene rings is 2.